The fourth-order valence-electron chi connectivity index (χ4n) is 1.76. The van der Waals surface area contributed by atoms with Crippen LogP contribution >= 0.6 is 0 Å². The number of rotatable bonds is 2. The zero-order valence-corrected chi connectivity index (χ0v) is 10.8. The Kier molecular flexibility index (Phi) is 4.92. The lowest BCUT2D eigenvalue weighted by atomic mass is 9.98. The van der Waals surface area contributed by atoms with Gasteiger partial charge in [0.2, 0.25) is 5.78 Å². The number of aliphatic hydroxyl groups excluding tert-OH is 1. The fraction of sp³-hybridized carbons (Fsp3) is 0.200. The number of hydrogen-bond donors (Lipinski definition) is 2. The Morgan fingerprint density at radius 1 is 1.21 bits per heavy atom. The van der Waals surface area contributed by atoms with E-state index in [4.69, 9.17) is 5.11 Å². The molecule has 0 heterocycles. The zero-order chi connectivity index (χ0) is 14.5. The van der Waals surface area contributed by atoms with E-state index in [1.807, 2.05) is 6.07 Å². The van der Waals surface area contributed by atoms with Crippen molar-refractivity contribution in [2.75, 3.05) is 7.11 Å². The van der Waals surface area contributed by atoms with E-state index < -0.39 is 11.4 Å². The van der Waals surface area contributed by atoms with Gasteiger partial charge in [0.15, 0.2) is 6.29 Å². The quantitative estimate of drug-likeness (QED) is 0.479. The number of fused-ring (bicyclic) bond motifs is 1. The maximum Gasteiger partial charge on any atom is 0.225 e. The van der Waals surface area contributed by atoms with Crippen LogP contribution in [0.2, 0.25) is 0 Å². The average molecular weight is 260 g/mol. The van der Waals surface area contributed by atoms with Crippen LogP contribution in [0.15, 0.2) is 30.4 Å². The van der Waals surface area contributed by atoms with E-state index >= 15 is 0 Å². The van der Waals surface area contributed by atoms with Crippen molar-refractivity contribution in [1.82, 2.24) is 0 Å². The largest absolute Gasteiger partial charge is 0.400 e. The van der Waals surface area contributed by atoms with Gasteiger partial charge >= 0.3 is 0 Å². The summed E-state index contributed by atoms with van der Waals surface area (Å²) in [5.74, 6) is -0.554. The molecule has 1 aromatic carbocycles. The minimum absolute atomic E-state index is 0.302. The molecule has 1 aliphatic rings. The van der Waals surface area contributed by atoms with Crippen molar-refractivity contribution < 1.29 is 19.8 Å². The molecule has 0 bridgehead atoms. The Bertz CT molecular complexity index is 539. The standard InChI is InChI=1S/C14H12O3.CH4O/c1-14(17)7-5-10-3-2-4-12(13(16)9-15)11(10)6-8-14;1-2/h2-9,17H,1H3;2H,1H3. The van der Waals surface area contributed by atoms with Gasteiger partial charge in [0.1, 0.15) is 0 Å². The minimum atomic E-state index is -1.04. The van der Waals surface area contributed by atoms with E-state index in [9.17, 15) is 14.7 Å². The van der Waals surface area contributed by atoms with Crippen LogP contribution in [0.4, 0.5) is 0 Å². The van der Waals surface area contributed by atoms with Crippen LogP contribution in [-0.4, -0.2) is 35.0 Å². The number of hydrogen-bond acceptors (Lipinski definition) is 4. The number of aldehydes is 1. The van der Waals surface area contributed by atoms with Gasteiger partial charge in [-0.2, -0.15) is 0 Å². The maximum atomic E-state index is 11.5. The highest BCUT2D eigenvalue weighted by atomic mass is 16.3. The molecule has 4 nitrogen and oxygen atoms in total. The summed E-state index contributed by atoms with van der Waals surface area (Å²) in [6, 6.07) is 5.15. The second kappa shape index (κ2) is 6.22. The number of aliphatic hydroxyl groups is 2. The summed E-state index contributed by atoms with van der Waals surface area (Å²) in [5.41, 5.74) is 0.794. The number of Topliss-reactive ketones (excluding diaryl/α,β-unsaturated/α-hetero) is 1. The van der Waals surface area contributed by atoms with Crippen molar-refractivity contribution in [1.29, 1.82) is 0 Å². The predicted octanol–water partition coefficient (Wildman–Crippen LogP) is 1.47. The van der Waals surface area contributed by atoms with Crippen LogP contribution in [0.5, 0.6) is 0 Å². The molecule has 0 radical (unpaired) electrons. The third-order valence-electron chi connectivity index (χ3n) is 2.70. The van der Waals surface area contributed by atoms with E-state index in [0.29, 0.717) is 17.4 Å². The highest BCUT2D eigenvalue weighted by Gasteiger charge is 2.17. The van der Waals surface area contributed by atoms with Crippen molar-refractivity contribution >= 4 is 24.2 Å². The Morgan fingerprint density at radius 3 is 2.47 bits per heavy atom. The molecule has 1 aliphatic carbocycles. The first kappa shape index (κ1) is 15.0. The first-order valence-corrected chi connectivity index (χ1v) is 5.71. The van der Waals surface area contributed by atoms with Crippen molar-refractivity contribution in [3.8, 4) is 0 Å². The van der Waals surface area contributed by atoms with E-state index in [0.717, 1.165) is 12.7 Å². The first-order valence-electron chi connectivity index (χ1n) is 5.71. The highest BCUT2D eigenvalue weighted by molar-refractivity contribution is 6.34. The van der Waals surface area contributed by atoms with Crippen LogP contribution < -0.4 is 0 Å². The summed E-state index contributed by atoms with van der Waals surface area (Å²) < 4.78 is 0. The van der Waals surface area contributed by atoms with Gasteiger partial charge in [-0.15, -0.1) is 0 Å². The van der Waals surface area contributed by atoms with Gasteiger partial charge in [0, 0.05) is 12.7 Å². The molecule has 0 amide bonds. The second-order valence-corrected chi connectivity index (χ2v) is 4.18. The SMILES string of the molecule is CC1(O)C=Cc2cccc(C(=O)C=O)c2C=C1.CO. The fourth-order valence-corrected chi connectivity index (χ4v) is 1.76. The lowest BCUT2D eigenvalue weighted by Crippen LogP contribution is -2.15. The summed E-state index contributed by atoms with van der Waals surface area (Å²) in [5, 5.41) is 16.9. The number of benzene rings is 1. The van der Waals surface area contributed by atoms with Gasteiger partial charge in [0.05, 0.1) is 5.60 Å². The van der Waals surface area contributed by atoms with Gasteiger partial charge in [0.25, 0.3) is 0 Å². The third kappa shape index (κ3) is 3.47. The van der Waals surface area contributed by atoms with Gasteiger partial charge in [-0.05, 0) is 30.2 Å². The molecular formula is C15H16O4. The molecule has 100 valence electrons. The summed E-state index contributed by atoms with van der Waals surface area (Å²) in [4.78, 5) is 22.0. The Balaban J connectivity index is 0.000000861. The van der Waals surface area contributed by atoms with Crippen molar-refractivity contribution in [3.05, 3.63) is 47.0 Å². The van der Waals surface area contributed by atoms with Crippen LogP contribution in [0, 0.1) is 0 Å². The summed E-state index contributed by atoms with van der Waals surface area (Å²) in [7, 11) is 1.00. The number of carbonyl (C=O) groups is 2. The molecule has 1 atom stereocenters. The molecule has 0 saturated heterocycles. The Labute approximate surface area is 111 Å². The maximum absolute atomic E-state index is 11.5. The smallest absolute Gasteiger partial charge is 0.225 e. The van der Waals surface area contributed by atoms with Crippen molar-refractivity contribution in [2.24, 2.45) is 0 Å². The Morgan fingerprint density at radius 2 is 1.84 bits per heavy atom. The molecule has 2 rings (SSSR count). The van der Waals surface area contributed by atoms with Crippen molar-refractivity contribution in [3.63, 3.8) is 0 Å². The van der Waals surface area contributed by atoms with E-state index in [1.165, 1.54) is 0 Å². The summed E-state index contributed by atoms with van der Waals surface area (Å²) >= 11 is 0. The molecule has 0 spiro atoms. The van der Waals surface area contributed by atoms with E-state index in [-0.39, 0.29) is 0 Å². The topological polar surface area (TPSA) is 74.6 Å². The zero-order valence-electron chi connectivity index (χ0n) is 10.8. The second-order valence-electron chi connectivity index (χ2n) is 4.18. The highest BCUT2D eigenvalue weighted by Crippen LogP contribution is 2.24. The summed E-state index contributed by atoms with van der Waals surface area (Å²) in [6.07, 6.45) is 6.96. The van der Waals surface area contributed by atoms with Gasteiger partial charge in [-0.25, -0.2) is 0 Å². The van der Waals surface area contributed by atoms with E-state index in [1.54, 1.807) is 43.4 Å². The molecule has 4 heteroatoms. The van der Waals surface area contributed by atoms with Crippen LogP contribution in [0.1, 0.15) is 28.4 Å². The monoisotopic (exact) mass is 260 g/mol. The predicted molar refractivity (Wildman–Crippen MR) is 73.7 cm³/mol. The molecule has 19 heavy (non-hydrogen) atoms. The Hall–Kier alpha value is -2.04. The van der Waals surface area contributed by atoms with Crippen LogP contribution in [0.25, 0.3) is 12.2 Å². The molecular weight excluding hydrogens is 244 g/mol. The van der Waals surface area contributed by atoms with E-state index in [2.05, 4.69) is 0 Å². The molecule has 0 aliphatic heterocycles. The lowest BCUT2D eigenvalue weighted by Gasteiger charge is -2.10. The average Bonchev–Trinajstić information content (AvgIpc) is 2.59. The van der Waals surface area contributed by atoms with Gasteiger partial charge in [-0.1, -0.05) is 30.4 Å². The van der Waals surface area contributed by atoms with Crippen molar-refractivity contribution in [2.45, 2.75) is 12.5 Å². The van der Waals surface area contributed by atoms with Gasteiger partial charge in [-0.3, -0.25) is 9.59 Å². The molecule has 0 aromatic heterocycles. The normalized spacial score (nSPS) is 19.8. The first-order chi connectivity index (χ1) is 9.03. The van der Waals surface area contributed by atoms with Crippen LogP contribution in [-0.2, 0) is 4.79 Å². The molecule has 1 unspecified atom stereocenters. The summed E-state index contributed by atoms with van der Waals surface area (Å²) in [6.45, 7) is 1.65. The lowest BCUT2D eigenvalue weighted by molar-refractivity contribution is -0.104. The number of ketones is 1. The molecule has 0 saturated carbocycles. The minimum Gasteiger partial charge on any atom is -0.400 e. The molecule has 2 N–H and O–H groups in total. The number of carbonyl (C=O) groups excluding carboxylic acids is 2. The molecule has 0 fully saturated rings. The van der Waals surface area contributed by atoms with Crippen LogP contribution in [0.3, 0.4) is 0 Å². The van der Waals surface area contributed by atoms with Gasteiger partial charge < -0.3 is 10.2 Å². The molecule has 1 aromatic rings. The third-order valence-corrected chi connectivity index (χ3v) is 2.70.